The first-order valence-corrected chi connectivity index (χ1v) is 11.5. The van der Waals surface area contributed by atoms with Crippen molar-refractivity contribution in [3.8, 4) is 11.3 Å². The topological polar surface area (TPSA) is 76.4 Å². The number of hydrogen-bond acceptors (Lipinski definition) is 4. The molecule has 2 heterocycles. The molecule has 3 aromatic rings. The van der Waals surface area contributed by atoms with Crippen molar-refractivity contribution >= 4 is 6.09 Å². The molecule has 2 atom stereocenters. The van der Waals surface area contributed by atoms with E-state index in [1.54, 1.807) is 0 Å². The van der Waals surface area contributed by atoms with Crippen molar-refractivity contribution in [1.29, 1.82) is 0 Å². The Morgan fingerprint density at radius 1 is 1.09 bits per heavy atom. The second-order valence-electron chi connectivity index (χ2n) is 8.91. The van der Waals surface area contributed by atoms with Gasteiger partial charge in [-0.2, -0.15) is 0 Å². The monoisotopic (exact) mass is 431 g/mol. The van der Waals surface area contributed by atoms with E-state index in [0.29, 0.717) is 6.42 Å². The Kier molecular flexibility index (Phi) is 5.95. The van der Waals surface area contributed by atoms with Crippen molar-refractivity contribution in [3.63, 3.8) is 0 Å². The van der Waals surface area contributed by atoms with Crippen molar-refractivity contribution in [3.05, 3.63) is 78.2 Å². The van der Waals surface area contributed by atoms with Gasteiger partial charge in [0.25, 0.3) is 0 Å². The number of amides is 1. The summed E-state index contributed by atoms with van der Waals surface area (Å²) in [5, 5.41) is 14.0. The van der Waals surface area contributed by atoms with Crippen LogP contribution in [0.5, 0.6) is 0 Å². The fourth-order valence-electron chi connectivity index (χ4n) is 5.17. The third-order valence-electron chi connectivity index (χ3n) is 6.91. The van der Waals surface area contributed by atoms with Crippen molar-refractivity contribution in [1.82, 2.24) is 14.9 Å². The van der Waals surface area contributed by atoms with E-state index < -0.39 is 0 Å². The van der Waals surface area contributed by atoms with Crippen molar-refractivity contribution in [2.45, 2.75) is 56.9 Å². The summed E-state index contributed by atoms with van der Waals surface area (Å²) in [6, 6.07) is 18.3. The fourth-order valence-corrected chi connectivity index (χ4v) is 5.17. The number of aromatic nitrogens is 2. The third kappa shape index (κ3) is 4.28. The summed E-state index contributed by atoms with van der Waals surface area (Å²) in [4.78, 5) is 16.5. The number of alkyl carbamates (subject to hydrolysis) is 1. The number of nitrogens with zero attached hydrogens (tertiary/aromatic N) is 2. The molecule has 166 valence electrons. The van der Waals surface area contributed by atoms with Crippen LogP contribution < -0.4 is 5.32 Å². The van der Waals surface area contributed by atoms with Crippen LogP contribution in [0.25, 0.3) is 11.3 Å². The molecule has 2 N–H and O–H groups in total. The van der Waals surface area contributed by atoms with E-state index in [-0.39, 0.29) is 36.8 Å². The van der Waals surface area contributed by atoms with Crippen LogP contribution in [0.15, 0.2) is 67.1 Å². The molecule has 5 rings (SSSR count). The predicted molar refractivity (Wildman–Crippen MR) is 122 cm³/mol. The lowest BCUT2D eigenvalue weighted by Crippen LogP contribution is -2.39. The maximum Gasteiger partial charge on any atom is 0.407 e. The summed E-state index contributed by atoms with van der Waals surface area (Å²) in [6.07, 6.45) is 7.22. The summed E-state index contributed by atoms with van der Waals surface area (Å²) in [5.74, 6) is 0.244. The molecule has 1 aromatic heterocycles. The van der Waals surface area contributed by atoms with Crippen molar-refractivity contribution in [2.75, 3.05) is 0 Å². The first-order chi connectivity index (χ1) is 15.7. The molecule has 1 amide bonds. The van der Waals surface area contributed by atoms with E-state index >= 15 is 0 Å². The van der Waals surface area contributed by atoms with E-state index in [4.69, 9.17) is 4.74 Å². The Hall–Kier alpha value is -3.12. The standard InChI is InChI=1S/C26H29N3O3/c30-25(14-23-21-8-4-5-9-22(21)24-15-27-17-29(23)24)19-10-12-20(13-11-19)28-26(31)32-16-18-6-2-1-3-7-18/h1-9,15,17,19-20,23,25,30H,10-14,16H2,(H,28,31). The van der Waals surface area contributed by atoms with Gasteiger partial charge in [0.2, 0.25) is 0 Å². The van der Waals surface area contributed by atoms with E-state index in [1.807, 2.05) is 48.9 Å². The molecule has 6 nitrogen and oxygen atoms in total. The van der Waals surface area contributed by atoms with Gasteiger partial charge in [-0.25, -0.2) is 9.78 Å². The molecule has 6 heteroatoms. The Morgan fingerprint density at radius 3 is 2.66 bits per heavy atom. The van der Waals surface area contributed by atoms with Crippen molar-refractivity contribution in [2.24, 2.45) is 5.92 Å². The number of nitrogens with one attached hydrogen (secondary N) is 1. The van der Waals surface area contributed by atoms with Gasteiger partial charge in [-0.05, 0) is 49.1 Å². The lowest BCUT2D eigenvalue weighted by molar-refractivity contribution is 0.0618. The Balaban J connectivity index is 1.11. The number of benzene rings is 2. The van der Waals surface area contributed by atoms with Crippen molar-refractivity contribution < 1.29 is 14.6 Å². The van der Waals surface area contributed by atoms with Crippen LogP contribution in [0.3, 0.4) is 0 Å². The van der Waals surface area contributed by atoms with Gasteiger partial charge < -0.3 is 19.7 Å². The minimum atomic E-state index is -0.382. The second kappa shape index (κ2) is 9.17. The predicted octanol–water partition coefficient (Wildman–Crippen LogP) is 4.69. The highest BCUT2D eigenvalue weighted by molar-refractivity contribution is 5.69. The average Bonchev–Trinajstić information content (AvgIpc) is 3.41. The number of carbonyl (C=O) groups excluding carboxylic acids is 1. The zero-order valence-corrected chi connectivity index (χ0v) is 18.1. The van der Waals surface area contributed by atoms with Gasteiger partial charge in [-0.1, -0.05) is 54.6 Å². The molecule has 1 aliphatic carbocycles. The first kappa shape index (κ1) is 20.8. The highest BCUT2D eigenvalue weighted by atomic mass is 16.5. The van der Waals surface area contributed by atoms with Gasteiger partial charge in [-0.3, -0.25) is 0 Å². The largest absolute Gasteiger partial charge is 0.445 e. The average molecular weight is 432 g/mol. The minimum Gasteiger partial charge on any atom is -0.445 e. The summed E-state index contributed by atoms with van der Waals surface area (Å²) in [5.41, 5.74) is 4.58. The number of imidazole rings is 1. The fraction of sp³-hybridized carbons (Fsp3) is 0.385. The number of hydrogen-bond donors (Lipinski definition) is 2. The summed E-state index contributed by atoms with van der Waals surface area (Å²) in [6.45, 7) is 0.278. The molecule has 32 heavy (non-hydrogen) atoms. The minimum absolute atomic E-state index is 0.106. The number of aliphatic hydroxyl groups is 1. The van der Waals surface area contributed by atoms with Gasteiger partial charge in [0.05, 0.1) is 30.4 Å². The van der Waals surface area contributed by atoms with Crippen LogP contribution in [0.2, 0.25) is 0 Å². The number of carbonyl (C=O) groups is 1. The lowest BCUT2D eigenvalue weighted by atomic mass is 9.80. The summed E-state index contributed by atoms with van der Waals surface area (Å²) >= 11 is 0. The lowest BCUT2D eigenvalue weighted by Gasteiger charge is -2.33. The van der Waals surface area contributed by atoms with E-state index in [9.17, 15) is 9.90 Å². The zero-order chi connectivity index (χ0) is 21.9. The molecule has 2 aromatic carbocycles. The molecule has 1 fully saturated rings. The molecule has 2 unspecified atom stereocenters. The van der Waals surface area contributed by atoms with Crippen LogP contribution in [0.4, 0.5) is 4.79 Å². The van der Waals surface area contributed by atoms with E-state index in [0.717, 1.165) is 36.9 Å². The molecule has 0 radical (unpaired) electrons. The smallest absolute Gasteiger partial charge is 0.407 e. The molecule has 0 spiro atoms. The van der Waals surface area contributed by atoms with Crippen LogP contribution in [0, 0.1) is 5.92 Å². The molecule has 1 aliphatic heterocycles. The van der Waals surface area contributed by atoms with Gasteiger partial charge in [0.15, 0.2) is 0 Å². The normalized spacial score (nSPS) is 22.6. The maximum absolute atomic E-state index is 12.1. The van der Waals surface area contributed by atoms with Crippen LogP contribution >= 0.6 is 0 Å². The van der Waals surface area contributed by atoms with Gasteiger partial charge >= 0.3 is 6.09 Å². The van der Waals surface area contributed by atoms with E-state index in [2.05, 4.69) is 33.1 Å². The highest BCUT2D eigenvalue weighted by Crippen LogP contribution is 2.42. The number of ether oxygens (including phenoxy) is 1. The molecule has 0 saturated heterocycles. The third-order valence-corrected chi connectivity index (χ3v) is 6.91. The van der Waals surface area contributed by atoms with E-state index in [1.165, 1.54) is 11.1 Å². The van der Waals surface area contributed by atoms with Crippen LogP contribution in [0.1, 0.15) is 49.3 Å². The molecule has 0 bridgehead atoms. The molecular weight excluding hydrogens is 402 g/mol. The second-order valence-corrected chi connectivity index (χ2v) is 8.91. The SMILES string of the molecule is O=C(NC1CCC(C(O)CC2c3ccccc3-c3cncn32)CC1)OCc1ccccc1. The molecule has 1 saturated carbocycles. The Labute approximate surface area is 188 Å². The Morgan fingerprint density at radius 2 is 1.84 bits per heavy atom. The van der Waals surface area contributed by atoms with Gasteiger partial charge in [0.1, 0.15) is 6.61 Å². The number of rotatable bonds is 6. The first-order valence-electron chi connectivity index (χ1n) is 11.5. The Bertz CT molecular complexity index is 1060. The summed E-state index contributed by atoms with van der Waals surface area (Å²) in [7, 11) is 0. The zero-order valence-electron chi connectivity index (χ0n) is 18.1. The molecule has 2 aliphatic rings. The van der Waals surface area contributed by atoms with Crippen LogP contribution in [-0.2, 0) is 11.3 Å². The number of fused-ring (bicyclic) bond motifs is 3. The highest BCUT2D eigenvalue weighted by Gasteiger charge is 2.33. The summed E-state index contributed by atoms with van der Waals surface area (Å²) < 4.78 is 7.53. The molecular formula is C26H29N3O3. The van der Waals surface area contributed by atoms with Gasteiger partial charge in [0, 0.05) is 11.6 Å². The van der Waals surface area contributed by atoms with Gasteiger partial charge in [-0.15, -0.1) is 0 Å². The van der Waals surface area contributed by atoms with Crippen LogP contribution in [-0.4, -0.2) is 32.9 Å². The maximum atomic E-state index is 12.1. The number of aliphatic hydroxyl groups excluding tert-OH is 1. The quantitative estimate of drug-likeness (QED) is 0.594.